The molecule has 106 valence electrons. The molecule has 3 nitrogen and oxygen atoms in total. The van der Waals surface area contributed by atoms with Gasteiger partial charge in [-0.2, -0.15) is 0 Å². The van der Waals surface area contributed by atoms with Gasteiger partial charge >= 0.3 is 0 Å². The molecule has 1 amide bonds. The zero-order valence-corrected chi connectivity index (χ0v) is 12.8. The van der Waals surface area contributed by atoms with E-state index in [2.05, 4.69) is 5.32 Å². The maximum atomic E-state index is 11.8. The molecular formula is C14H20Cl2N2O. The number of amides is 1. The number of hydrogen-bond acceptors (Lipinski definition) is 2. The fraction of sp³-hybridized carbons (Fsp3) is 0.500. The van der Waals surface area contributed by atoms with Gasteiger partial charge in [-0.3, -0.25) is 4.79 Å². The Bertz CT molecular complexity index is 437. The Balaban J connectivity index is 2.44. The van der Waals surface area contributed by atoms with Crippen LogP contribution >= 0.6 is 23.2 Å². The number of carbonyl (C=O) groups is 1. The molecule has 0 spiro atoms. The van der Waals surface area contributed by atoms with Gasteiger partial charge in [-0.1, -0.05) is 49.5 Å². The number of halogens is 2. The third-order valence-electron chi connectivity index (χ3n) is 3.27. The highest BCUT2D eigenvalue weighted by atomic mass is 35.5. The van der Waals surface area contributed by atoms with Gasteiger partial charge in [0.05, 0.1) is 6.04 Å². The van der Waals surface area contributed by atoms with Crippen molar-refractivity contribution in [1.82, 2.24) is 5.32 Å². The lowest BCUT2D eigenvalue weighted by Crippen LogP contribution is -2.45. The van der Waals surface area contributed by atoms with Crippen LogP contribution in [0.25, 0.3) is 0 Å². The molecule has 5 heteroatoms. The molecule has 1 rings (SSSR count). The van der Waals surface area contributed by atoms with Gasteiger partial charge in [-0.15, -0.1) is 0 Å². The second-order valence-corrected chi connectivity index (χ2v) is 5.53. The minimum Gasteiger partial charge on any atom is -0.354 e. The van der Waals surface area contributed by atoms with E-state index in [1.807, 2.05) is 19.9 Å². The van der Waals surface area contributed by atoms with Crippen LogP contribution in [0.5, 0.6) is 0 Å². The second kappa shape index (κ2) is 7.73. The van der Waals surface area contributed by atoms with Crippen LogP contribution in [0.4, 0.5) is 0 Å². The molecule has 0 aliphatic rings. The van der Waals surface area contributed by atoms with Crippen LogP contribution < -0.4 is 11.1 Å². The average Bonchev–Trinajstić information content (AvgIpc) is 2.39. The van der Waals surface area contributed by atoms with Gasteiger partial charge in [0, 0.05) is 16.6 Å². The summed E-state index contributed by atoms with van der Waals surface area (Å²) in [5, 5.41) is 4.06. The Hall–Kier alpha value is -0.770. The molecule has 0 aliphatic carbocycles. The van der Waals surface area contributed by atoms with E-state index in [1.54, 1.807) is 12.1 Å². The monoisotopic (exact) mass is 302 g/mol. The highest BCUT2D eigenvalue weighted by Gasteiger charge is 2.18. The van der Waals surface area contributed by atoms with E-state index in [1.165, 1.54) is 0 Å². The topological polar surface area (TPSA) is 55.1 Å². The summed E-state index contributed by atoms with van der Waals surface area (Å²) in [6, 6.07) is 4.90. The van der Waals surface area contributed by atoms with E-state index in [-0.39, 0.29) is 11.8 Å². The summed E-state index contributed by atoms with van der Waals surface area (Å²) < 4.78 is 0. The van der Waals surface area contributed by atoms with Crippen LogP contribution in [0.1, 0.15) is 25.8 Å². The Morgan fingerprint density at radius 2 is 2.11 bits per heavy atom. The molecule has 1 unspecified atom stereocenters. The van der Waals surface area contributed by atoms with Crippen LogP contribution in [0.15, 0.2) is 18.2 Å². The van der Waals surface area contributed by atoms with Gasteiger partial charge in [0.2, 0.25) is 5.91 Å². The van der Waals surface area contributed by atoms with E-state index in [0.29, 0.717) is 23.0 Å². The highest BCUT2D eigenvalue weighted by Crippen LogP contribution is 2.21. The summed E-state index contributed by atoms with van der Waals surface area (Å²) >= 11 is 11.9. The fourth-order valence-electron chi connectivity index (χ4n) is 1.67. The first-order valence-corrected chi connectivity index (χ1v) is 7.18. The maximum Gasteiger partial charge on any atom is 0.237 e. The first-order chi connectivity index (χ1) is 8.95. The summed E-state index contributed by atoms with van der Waals surface area (Å²) in [4.78, 5) is 11.8. The second-order valence-electron chi connectivity index (χ2n) is 4.69. The van der Waals surface area contributed by atoms with Crippen LogP contribution in [0, 0.1) is 5.92 Å². The summed E-state index contributed by atoms with van der Waals surface area (Å²) in [5.41, 5.74) is 6.81. The number of rotatable bonds is 6. The normalized spacial score (nSPS) is 13.9. The van der Waals surface area contributed by atoms with Gasteiger partial charge in [0.1, 0.15) is 0 Å². The van der Waals surface area contributed by atoms with Crippen molar-refractivity contribution in [2.75, 3.05) is 6.54 Å². The molecule has 0 saturated heterocycles. The van der Waals surface area contributed by atoms with E-state index >= 15 is 0 Å². The number of nitrogens with one attached hydrogen (secondary N) is 1. The number of carbonyl (C=O) groups excluding carboxylic acids is 1. The molecule has 19 heavy (non-hydrogen) atoms. The number of nitrogens with two attached hydrogens (primary N) is 1. The summed E-state index contributed by atoms with van der Waals surface area (Å²) in [6.45, 7) is 4.51. The largest absolute Gasteiger partial charge is 0.354 e. The molecule has 0 heterocycles. The van der Waals surface area contributed by atoms with E-state index in [9.17, 15) is 4.79 Å². The molecule has 1 aromatic carbocycles. The standard InChI is InChI=1S/C14H20Cl2N2O/c1-3-9(2)13(17)14(19)18-7-6-10-4-5-11(15)8-12(10)16/h4-5,8-9,13H,3,6-7,17H2,1-2H3,(H,18,19)/t9?,13-/m0/s1. The lowest BCUT2D eigenvalue weighted by Gasteiger charge is -2.17. The smallest absolute Gasteiger partial charge is 0.237 e. The van der Waals surface area contributed by atoms with Crippen molar-refractivity contribution in [3.63, 3.8) is 0 Å². The minimum absolute atomic E-state index is 0.112. The van der Waals surface area contributed by atoms with Gasteiger partial charge < -0.3 is 11.1 Å². The lowest BCUT2D eigenvalue weighted by atomic mass is 9.99. The third-order valence-corrected chi connectivity index (χ3v) is 3.86. The molecule has 0 aliphatic heterocycles. The summed E-state index contributed by atoms with van der Waals surface area (Å²) in [6.07, 6.45) is 1.55. The van der Waals surface area contributed by atoms with Crippen molar-refractivity contribution in [1.29, 1.82) is 0 Å². The van der Waals surface area contributed by atoms with E-state index in [4.69, 9.17) is 28.9 Å². The molecule has 3 N–H and O–H groups in total. The van der Waals surface area contributed by atoms with Crippen molar-refractivity contribution < 1.29 is 4.79 Å². The molecule has 0 radical (unpaired) electrons. The first-order valence-electron chi connectivity index (χ1n) is 6.43. The third kappa shape index (κ3) is 5.01. The zero-order chi connectivity index (χ0) is 14.4. The Morgan fingerprint density at radius 3 is 2.68 bits per heavy atom. The SMILES string of the molecule is CCC(C)[C@H](N)C(=O)NCCc1ccc(Cl)cc1Cl. The number of benzene rings is 1. The summed E-state index contributed by atoms with van der Waals surface area (Å²) in [7, 11) is 0. The van der Waals surface area contributed by atoms with Crippen molar-refractivity contribution in [3.8, 4) is 0 Å². The van der Waals surface area contributed by atoms with Crippen molar-refractivity contribution in [2.24, 2.45) is 11.7 Å². The highest BCUT2D eigenvalue weighted by molar-refractivity contribution is 6.35. The Labute approximate surface area is 124 Å². The first kappa shape index (κ1) is 16.3. The van der Waals surface area contributed by atoms with E-state index in [0.717, 1.165) is 12.0 Å². The average molecular weight is 303 g/mol. The fourth-order valence-corrected chi connectivity index (χ4v) is 2.18. The van der Waals surface area contributed by atoms with Crippen molar-refractivity contribution >= 4 is 29.1 Å². The minimum atomic E-state index is -0.453. The van der Waals surface area contributed by atoms with Gasteiger partial charge in [0.25, 0.3) is 0 Å². The maximum absolute atomic E-state index is 11.8. The zero-order valence-electron chi connectivity index (χ0n) is 11.2. The van der Waals surface area contributed by atoms with Gasteiger partial charge in [-0.05, 0) is 30.0 Å². The molecular weight excluding hydrogens is 283 g/mol. The van der Waals surface area contributed by atoms with Crippen molar-refractivity contribution in [3.05, 3.63) is 33.8 Å². The Morgan fingerprint density at radius 1 is 1.42 bits per heavy atom. The predicted molar refractivity (Wildman–Crippen MR) is 80.6 cm³/mol. The summed E-state index contributed by atoms with van der Waals surface area (Å²) in [5.74, 6) is 0.0681. The lowest BCUT2D eigenvalue weighted by molar-refractivity contribution is -0.123. The van der Waals surface area contributed by atoms with Crippen LogP contribution in [0.2, 0.25) is 10.0 Å². The molecule has 0 aromatic heterocycles. The molecule has 1 aromatic rings. The van der Waals surface area contributed by atoms with Crippen molar-refractivity contribution in [2.45, 2.75) is 32.7 Å². The van der Waals surface area contributed by atoms with Crippen LogP contribution in [-0.2, 0) is 11.2 Å². The van der Waals surface area contributed by atoms with Crippen LogP contribution in [0.3, 0.4) is 0 Å². The molecule has 2 atom stereocenters. The number of hydrogen-bond donors (Lipinski definition) is 2. The molecule has 0 saturated carbocycles. The molecule has 0 fully saturated rings. The van der Waals surface area contributed by atoms with Gasteiger partial charge in [0.15, 0.2) is 0 Å². The predicted octanol–water partition coefficient (Wildman–Crippen LogP) is 3.03. The Kier molecular flexibility index (Phi) is 6.63. The van der Waals surface area contributed by atoms with Gasteiger partial charge in [-0.25, -0.2) is 0 Å². The quantitative estimate of drug-likeness (QED) is 0.848. The van der Waals surface area contributed by atoms with Crippen LogP contribution in [-0.4, -0.2) is 18.5 Å². The van der Waals surface area contributed by atoms with E-state index < -0.39 is 6.04 Å². The molecule has 0 bridgehead atoms.